The lowest BCUT2D eigenvalue weighted by Gasteiger charge is -2.36. The molecule has 1 aromatic heterocycles. The number of carbonyl (C=O) groups is 2. The second kappa shape index (κ2) is 17.3. The molecule has 1 aliphatic heterocycles. The average Bonchev–Trinajstić information content (AvgIpc) is 3.60. The van der Waals surface area contributed by atoms with Gasteiger partial charge in [-0.3, -0.25) is 0 Å². The number of nitrogens with one attached hydrogen (secondary N) is 2. The molecular weight excluding hydrogens is 665 g/mol. The Balaban J connectivity index is 1.13. The van der Waals surface area contributed by atoms with Crippen molar-refractivity contribution in [2.75, 3.05) is 12.9 Å². The van der Waals surface area contributed by atoms with Crippen molar-refractivity contribution >= 4 is 23.8 Å². The molecule has 10 nitrogen and oxygen atoms in total. The van der Waals surface area contributed by atoms with Crippen LogP contribution in [0.5, 0.6) is 0 Å². The molecule has 51 heavy (non-hydrogen) atoms. The number of rotatable bonds is 13. The number of aliphatic hydroxyl groups excluding tert-OH is 1. The summed E-state index contributed by atoms with van der Waals surface area (Å²) >= 11 is 1.66. The number of benzene rings is 4. The van der Waals surface area contributed by atoms with Crippen LogP contribution in [0.1, 0.15) is 46.6 Å². The molecule has 0 bridgehead atoms. The molecule has 3 N–H and O–H groups in total. The van der Waals surface area contributed by atoms with Crippen LogP contribution in [0.15, 0.2) is 121 Å². The van der Waals surface area contributed by atoms with Crippen molar-refractivity contribution in [3.8, 4) is 11.1 Å². The van der Waals surface area contributed by atoms with Crippen molar-refractivity contribution in [1.29, 1.82) is 0 Å². The molecule has 1 aliphatic rings. The molecule has 0 radical (unpaired) electrons. The smallest absolute Gasteiger partial charge is 0.328 e. The lowest BCUT2D eigenvalue weighted by atomic mass is 9.98. The number of urea groups is 1. The molecule has 1 fully saturated rings. The van der Waals surface area contributed by atoms with Gasteiger partial charge in [-0.25, -0.2) is 14.6 Å². The first-order valence-electron chi connectivity index (χ1n) is 16.8. The Morgan fingerprint density at radius 1 is 0.941 bits per heavy atom. The maximum absolute atomic E-state index is 12.9. The second-order valence-electron chi connectivity index (χ2n) is 12.4. The van der Waals surface area contributed by atoms with Gasteiger partial charge in [0.05, 0.1) is 25.9 Å². The number of hydrogen-bond donors (Lipinski definition) is 3. The van der Waals surface area contributed by atoms with Gasteiger partial charge in [0.25, 0.3) is 0 Å². The Bertz CT molecular complexity index is 1880. The molecule has 0 unspecified atom stereocenters. The number of hydrogen-bond acceptors (Lipinski definition) is 8. The van der Waals surface area contributed by atoms with Crippen LogP contribution < -0.4 is 10.6 Å². The van der Waals surface area contributed by atoms with Crippen molar-refractivity contribution in [3.05, 3.63) is 143 Å². The molecule has 1 saturated heterocycles. The summed E-state index contributed by atoms with van der Waals surface area (Å²) in [5, 5.41) is 16.1. The summed E-state index contributed by atoms with van der Waals surface area (Å²) in [7, 11) is 3.29. The highest BCUT2D eigenvalue weighted by molar-refractivity contribution is 7.99. The van der Waals surface area contributed by atoms with Gasteiger partial charge in [-0.2, -0.15) is 0 Å². The summed E-state index contributed by atoms with van der Waals surface area (Å²) in [6, 6.07) is 32.0. The van der Waals surface area contributed by atoms with E-state index in [9.17, 15) is 14.7 Å². The number of carbonyl (C=O) groups excluding carboxylic acids is 2. The molecular formula is C40H42N4O6S. The Hall–Kier alpha value is -4.94. The van der Waals surface area contributed by atoms with Crippen molar-refractivity contribution in [2.24, 2.45) is 7.05 Å². The van der Waals surface area contributed by atoms with Crippen molar-refractivity contribution < 1.29 is 28.9 Å². The van der Waals surface area contributed by atoms with Crippen LogP contribution >= 0.6 is 11.8 Å². The van der Waals surface area contributed by atoms with E-state index >= 15 is 0 Å². The van der Waals surface area contributed by atoms with Crippen LogP contribution in [0.25, 0.3) is 11.1 Å². The van der Waals surface area contributed by atoms with E-state index in [1.165, 1.54) is 7.11 Å². The molecule has 4 atom stereocenters. The van der Waals surface area contributed by atoms with E-state index < -0.39 is 24.3 Å². The van der Waals surface area contributed by atoms with E-state index in [0.29, 0.717) is 18.6 Å². The quantitative estimate of drug-likeness (QED) is 0.0937. The second-order valence-corrected chi connectivity index (χ2v) is 13.3. The number of aromatic nitrogens is 2. The zero-order chi connectivity index (χ0) is 35.6. The van der Waals surface area contributed by atoms with Gasteiger partial charge in [-0.15, -0.1) is 0 Å². The van der Waals surface area contributed by atoms with Gasteiger partial charge in [0.1, 0.15) is 6.04 Å². The third-order valence-electron chi connectivity index (χ3n) is 8.81. The lowest BCUT2D eigenvalue weighted by molar-refractivity contribution is -0.245. The fourth-order valence-electron chi connectivity index (χ4n) is 6.03. The lowest BCUT2D eigenvalue weighted by Crippen LogP contribution is -2.47. The summed E-state index contributed by atoms with van der Waals surface area (Å²) < 4.78 is 20.0. The fourth-order valence-corrected chi connectivity index (χ4v) is 6.98. The molecule has 0 saturated carbocycles. The Morgan fingerprint density at radius 3 is 2.37 bits per heavy atom. The molecule has 0 aliphatic carbocycles. The van der Waals surface area contributed by atoms with Gasteiger partial charge in [0.2, 0.25) is 0 Å². The molecule has 264 valence electrons. The van der Waals surface area contributed by atoms with Gasteiger partial charge in [0.15, 0.2) is 11.4 Å². The molecule has 2 amide bonds. The van der Waals surface area contributed by atoms with E-state index in [1.54, 1.807) is 18.0 Å². The molecule has 2 heterocycles. The normalized spacial score (nSPS) is 17.7. The number of ether oxygens (including phenoxy) is 3. The minimum absolute atomic E-state index is 0.0101. The maximum Gasteiger partial charge on any atom is 0.328 e. The zero-order valence-corrected chi connectivity index (χ0v) is 29.4. The standard InChI is InChI=1S/C40H42N4O6S/c1-44-21-20-41-40(44)51-26-33-23-36(30-14-12-28(25-45)13-15-30)50-38(49-33)31-18-16-29(17-19-31)34-11-7-6-10-32(34)24-42-39(47)43-35(37(46)48-2)22-27-8-4-3-5-9-27/h3-21,33,35-36,38,45H,22-26H2,1-2H3,(H2,42,43,47)/t33-,35+,36+,38+/m1/s1. The summed E-state index contributed by atoms with van der Waals surface area (Å²) in [6.07, 6.45) is 3.87. The van der Waals surface area contributed by atoms with Crippen LogP contribution in [0.2, 0.25) is 0 Å². The predicted octanol–water partition coefficient (Wildman–Crippen LogP) is 6.50. The zero-order valence-electron chi connectivity index (χ0n) is 28.6. The summed E-state index contributed by atoms with van der Waals surface area (Å²) in [5.74, 6) is 0.207. The van der Waals surface area contributed by atoms with E-state index in [0.717, 1.165) is 44.1 Å². The third-order valence-corrected chi connectivity index (χ3v) is 10.0. The number of amides is 2. The van der Waals surface area contributed by atoms with Crippen molar-refractivity contribution in [1.82, 2.24) is 20.2 Å². The van der Waals surface area contributed by atoms with Gasteiger partial charge in [0, 0.05) is 50.1 Å². The number of aryl methyl sites for hydroxylation is 1. The van der Waals surface area contributed by atoms with Gasteiger partial charge < -0.3 is 34.5 Å². The highest BCUT2D eigenvalue weighted by Gasteiger charge is 2.32. The number of esters is 1. The average molecular weight is 707 g/mol. The first-order chi connectivity index (χ1) is 24.9. The van der Waals surface area contributed by atoms with Gasteiger partial charge >= 0.3 is 12.0 Å². The van der Waals surface area contributed by atoms with Gasteiger partial charge in [-0.1, -0.05) is 115 Å². The first kappa shape index (κ1) is 35.9. The number of nitrogens with zero attached hydrogens (tertiary/aromatic N) is 2. The minimum Gasteiger partial charge on any atom is -0.467 e. The largest absolute Gasteiger partial charge is 0.467 e. The predicted molar refractivity (Wildman–Crippen MR) is 196 cm³/mol. The van der Waals surface area contributed by atoms with Crippen molar-refractivity contribution in [3.63, 3.8) is 0 Å². The SMILES string of the molecule is COC(=O)[C@H](Cc1ccccc1)NC(=O)NCc1ccccc1-c1ccc([C@H]2O[C@@H](CSc3nccn3C)C[C@@H](c3ccc(CO)cc3)O2)cc1. The monoisotopic (exact) mass is 706 g/mol. The van der Waals surface area contributed by atoms with Crippen LogP contribution in [0.3, 0.4) is 0 Å². The molecule has 6 rings (SSSR count). The van der Waals surface area contributed by atoms with Gasteiger partial charge in [-0.05, 0) is 33.4 Å². The fraction of sp³-hybridized carbons (Fsp3) is 0.275. The number of aliphatic hydroxyl groups is 1. The van der Waals surface area contributed by atoms with Crippen LogP contribution in [-0.2, 0) is 45.6 Å². The number of methoxy groups -OCH3 is 1. The first-order valence-corrected chi connectivity index (χ1v) is 17.8. The number of imidazole rings is 1. The Kier molecular flexibility index (Phi) is 12.2. The Labute approximate surface area is 302 Å². The Morgan fingerprint density at radius 2 is 1.67 bits per heavy atom. The van der Waals surface area contributed by atoms with Crippen molar-refractivity contribution in [2.45, 2.75) is 55.7 Å². The molecule has 5 aromatic rings. The summed E-state index contributed by atoms with van der Waals surface area (Å²) in [4.78, 5) is 29.8. The van der Waals surface area contributed by atoms with E-state index in [2.05, 4.69) is 15.6 Å². The van der Waals surface area contributed by atoms with E-state index in [1.807, 2.05) is 121 Å². The van der Waals surface area contributed by atoms with E-state index in [-0.39, 0.29) is 25.4 Å². The molecule has 11 heteroatoms. The topological polar surface area (TPSA) is 124 Å². The molecule has 0 spiro atoms. The van der Waals surface area contributed by atoms with Crippen LogP contribution in [0, 0.1) is 0 Å². The van der Waals surface area contributed by atoms with Crippen LogP contribution in [-0.4, -0.2) is 51.7 Å². The van der Waals surface area contributed by atoms with Crippen LogP contribution in [0.4, 0.5) is 4.79 Å². The highest BCUT2D eigenvalue weighted by atomic mass is 32.2. The third kappa shape index (κ3) is 9.44. The molecule has 4 aromatic carbocycles. The van der Waals surface area contributed by atoms with E-state index in [4.69, 9.17) is 14.2 Å². The summed E-state index contributed by atoms with van der Waals surface area (Å²) in [5.41, 5.74) is 6.55. The minimum atomic E-state index is -0.822. The summed E-state index contributed by atoms with van der Waals surface area (Å²) in [6.45, 7) is 0.244. The highest BCUT2D eigenvalue weighted by Crippen LogP contribution is 2.40. The number of thioether (sulfide) groups is 1. The maximum atomic E-state index is 12.9.